The number of aromatic nitrogens is 3. The predicted octanol–water partition coefficient (Wildman–Crippen LogP) is 5.70. The maximum Gasteiger partial charge on any atom is 0.514 e. The number of carbonyl (C=O) groups excluding carboxylic acids is 1. The van der Waals surface area contributed by atoms with Gasteiger partial charge in [-0.3, -0.25) is 4.40 Å². The molecular formula is C22H21ClN4O3S2. The van der Waals surface area contributed by atoms with E-state index >= 15 is 0 Å². The van der Waals surface area contributed by atoms with Gasteiger partial charge in [0.2, 0.25) is 5.06 Å². The number of hydrogen-bond acceptors (Lipinski definition) is 8. The number of methoxy groups -OCH3 is 1. The summed E-state index contributed by atoms with van der Waals surface area (Å²) in [5, 5.41) is 3.92. The number of halogens is 1. The lowest BCUT2D eigenvalue weighted by molar-refractivity contribution is 0.122. The molecule has 0 saturated heterocycles. The molecule has 0 atom stereocenters. The van der Waals surface area contributed by atoms with Crippen LogP contribution in [-0.2, 0) is 4.74 Å². The molecule has 10 heteroatoms. The lowest BCUT2D eigenvalue weighted by atomic mass is 10.1. The zero-order chi connectivity index (χ0) is 22.0. The normalized spacial score (nSPS) is 10.8. The molecule has 0 aromatic carbocycles. The Morgan fingerprint density at radius 2 is 1.97 bits per heavy atom. The molecule has 4 heterocycles. The summed E-state index contributed by atoms with van der Waals surface area (Å²) in [6, 6.07) is 9.65. The van der Waals surface area contributed by atoms with Gasteiger partial charge in [0.15, 0.2) is 4.96 Å². The molecule has 0 amide bonds. The molecule has 32 heavy (non-hydrogen) atoms. The zero-order valence-corrected chi connectivity index (χ0v) is 20.3. The predicted molar refractivity (Wildman–Crippen MR) is 130 cm³/mol. The fourth-order valence-corrected chi connectivity index (χ4v) is 4.41. The van der Waals surface area contributed by atoms with Crippen molar-refractivity contribution in [1.29, 1.82) is 0 Å². The highest BCUT2D eigenvalue weighted by atomic mass is 35.5. The Balaban J connectivity index is 0.00000289. The van der Waals surface area contributed by atoms with Crippen molar-refractivity contribution in [2.24, 2.45) is 0 Å². The number of carbonyl (C=O) groups is 1. The average molecular weight is 489 g/mol. The number of thiazole rings is 1. The largest absolute Gasteiger partial charge is 0.514 e. The molecule has 0 aliphatic rings. The van der Waals surface area contributed by atoms with E-state index in [4.69, 9.17) is 9.72 Å². The zero-order valence-electron chi connectivity index (χ0n) is 17.8. The second-order valence-electron chi connectivity index (χ2n) is 7.57. The van der Waals surface area contributed by atoms with Crippen molar-refractivity contribution in [2.75, 3.05) is 12.4 Å². The third kappa shape index (κ3) is 5.40. The van der Waals surface area contributed by atoms with Gasteiger partial charge in [0, 0.05) is 11.7 Å². The fraction of sp³-hybridized carbons (Fsp3) is 0.227. The molecule has 4 aromatic heterocycles. The van der Waals surface area contributed by atoms with Crippen molar-refractivity contribution in [3.63, 3.8) is 0 Å². The minimum Gasteiger partial charge on any atom is -0.437 e. The number of anilines is 1. The highest BCUT2D eigenvalue weighted by molar-refractivity contribution is 7.19. The fourth-order valence-electron chi connectivity index (χ4n) is 2.74. The number of nitrogens with zero attached hydrogens (tertiary/aromatic N) is 3. The summed E-state index contributed by atoms with van der Waals surface area (Å²) in [6.07, 6.45) is 2.70. The van der Waals surface area contributed by atoms with E-state index in [9.17, 15) is 4.79 Å². The van der Waals surface area contributed by atoms with Gasteiger partial charge in [-0.2, -0.15) is 0 Å². The van der Waals surface area contributed by atoms with E-state index in [1.54, 1.807) is 23.7 Å². The van der Waals surface area contributed by atoms with Crippen molar-refractivity contribution in [3.05, 3.63) is 53.3 Å². The van der Waals surface area contributed by atoms with Crippen LogP contribution in [0.5, 0.6) is 5.06 Å². The van der Waals surface area contributed by atoms with Gasteiger partial charge < -0.3 is 14.8 Å². The number of fused-ring (bicyclic) bond motifs is 1. The average Bonchev–Trinajstić information content (AvgIpc) is 3.42. The summed E-state index contributed by atoms with van der Waals surface area (Å²) in [5.41, 5.74) is 1.35. The minimum absolute atomic E-state index is 0. The molecule has 4 rings (SSSR count). The van der Waals surface area contributed by atoms with Gasteiger partial charge in [-0.1, -0.05) is 17.4 Å². The first-order valence-electron chi connectivity index (χ1n) is 9.41. The number of pyridine rings is 1. The lowest BCUT2D eigenvalue weighted by Gasteiger charge is -2.22. The van der Waals surface area contributed by atoms with E-state index in [1.165, 1.54) is 18.4 Å². The second kappa shape index (κ2) is 9.61. The molecule has 7 nitrogen and oxygen atoms in total. The van der Waals surface area contributed by atoms with Crippen LogP contribution in [0, 0.1) is 11.8 Å². The van der Waals surface area contributed by atoms with Crippen LogP contribution in [0.4, 0.5) is 10.6 Å². The Labute approximate surface area is 199 Å². The van der Waals surface area contributed by atoms with Crippen LogP contribution in [0.2, 0.25) is 0 Å². The van der Waals surface area contributed by atoms with Crippen LogP contribution in [0.3, 0.4) is 0 Å². The van der Waals surface area contributed by atoms with Gasteiger partial charge in [-0.15, -0.1) is 23.7 Å². The Bertz CT molecular complexity index is 1290. The third-order valence-corrected chi connectivity index (χ3v) is 5.84. The van der Waals surface area contributed by atoms with E-state index in [-0.39, 0.29) is 17.9 Å². The van der Waals surface area contributed by atoms with E-state index in [0.717, 1.165) is 27.0 Å². The highest BCUT2D eigenvalue weighted by Crippen LogP contribution is 2.38. The Kier molecular flexibility index (Phi) is 7.09. The van der Waals surface area contributed by atoms with Crippen LogP contribution in [0.1, 0.15) is 31.3 Å². The monoisotopic (exact) mass is 488 g/mol. The number of imidazole rings is 1. The summed E-state index contributed by atoms with van der Waals surface area (Å²) in [7, 11) is 1.27. The molecular weight excluding hydrogens is 468 g/mol. The van der Waals surface area contributed by atoms with E-state index in [1.807, 2.05) is 34.7 Å². The van der Waals surface area contributed by atoms with E-state index in [2.05, 4.69) is 47.6 Å². The standard InChI is InChI=1S/C22H20N4O3S2.ClH/c1-22(2,3)25-19-18(24-20-26(19)13-17(31-20)29-21(27)28-4)16-11-10-15(30-16)9-8-14-7-5-6-12-23-14;/h5-7,10-13,25H,1-4H3;1H. The van der Waals surface area contributed by atoms with Gasteiger partial charge in [-0.25, -0.2) is 14.8 Å². The molecule has 0 radical (unpaired) electrons. The summed E-state index contributed by atoms with van der Waals surface area (Å²) < 4.78 is 11.6. The first kappa shape index (κ1) is 23.6. The molecule has 0 fully saturated rings. The number of ether oxygens (including phenoxy) is 2. The lowest BCUT2D eigenvalue weighted by Crippen LogP contribution is -2.27. The first-order valence-corrected chi connectivity index (χ1v) is 11.0. The SMILES string of the molecule is COC(=O)Oc1cn2c(NC(C)(C)C)c(-c3ccc(C#Cc4ccccn4)s3)nc2s1.Cl. The van der Waals surface area contributed by atoms with Gasteiger partial charge in [0.25, 0.3) is 0 Å². The summed E-state index contributed by atoms with van der Waals surface area (Å²) in [5.74, 6) is 7.07. The van der Waals surface area contributed by atoms with Gasteiger partial charge >= 0.3 is 6.16 Å². The van der Waals surface area contributed by atoms with Crippen LogP contribution in [0.15, 0.2) is 42.7 Å². The summed E-state index contributed by atoms with van der Waals surface area (Å²) in [4.78, 5) is 23.1. The molecule has 0 aliphatic heterocycles. The highest BCUT2D eigenvalue weighted by Gasteiger charge is 2.23. The van der Waals surface area contributed by atoms with Gasteiger partial charge in [0.05, 0.1) is 23.1 Å². The molecule has 1 N–H and O–H groups in total. The molecule has 0 saturated carbocycles. The van der Waals surface area contributed by atoms with E-state index in [0.29, 0.717) is 10.0 Å². The van der Waals surface area contributed by atoms with Crippen LogP contribution >= 0.6 is 35.1 Å². The topological polar surface area (TPSA) is 77.8 Å². The smallest absolute Gasteiger partial charge is 0.437 e. The quantitative estimate of drug-likeness (QED) is 0.294. The van der Waals surface area contributed by atoms with Crippen molar-refractivity contribution in [3.8, 4) is 27.5 Å². The molecule has 0 bridgehead atoms. The first-order chi connectivity index (χ1) is 14.8. The molecule has 166 valence electrons. The van der Waals surface area contributed by atoms with E-state index < -0.39 is 6.16 Å². The van der Waals surface area contributed by atoms with Crippen LogP contribution < -0.4 is 10.1 Å². The van der Waals surface area contributed by atoms with Gasteiger partial charge in [-0.05, 0) is 56.9 Å². The maximum absolute atomic E-state index is 11.5. The summed E-state index contributed by atoms with van der Waals surface area (Å²) >= 11 is 2.83. The minimum atomic E-state index is -0.760. The number of nitrogens with one attached hydrogen (secondary N) is 1. The third-order valence-electron chi connectivity index (χ3n) is 3.97. The maximum atomic E-state index is 11.5. The van der Waals surface area contributed by atoms with Crippen LogP contribution in [-0.4, -0.2) is 33.2 Å². The number of hydrogen-bond donors (Lipinski definition) is 1. The van der Waals surface area contributed by atoms with Crippen molar-refractivity contribution >= 4 is 52.0 Å². The Hall–Kier alpha value is -3.06. The van der Waals surface area contributed by atoms with Crippen molar-refractivity contribution in [1.82, 2.24) is 14.4 Å². The molecule has 0 spiro atoms. The molecule has 0 aliphatic carbocycles. The molecule has 4 aromatic rings. The Morgan fingerprint density at radius 1 is 1.16 bits per heavy atom. The van der Waals surface area contributed by atoms with Crippen molar-refractivity contribution < 1.29 is 14.3 Å². The summed E-state index contributed by atoms with van der Waals surface area (Å²) in [6.45, 7) is 6.23. The van der Waals surface area contributed by atoms with Gasteiger partial charge in [0.1, 0.15) is 17.2 Å². The number of thiophene rings is 1. The second-order valence-corrected chi connectivity index (χ2v) is 9.63. The van der Waals surface area contributed by atoms with Crippen molar-refractivity contribution in [2.45, 2.75) is 26.3 Å². The number of rotatable bonds is 3. The van der Waals surface area contributed by atoms with Crippen LogP contribution in [0.25, 0.3) is 15.5 Å². The Morgan fingerprint density at radius 3 is 2.66 bits per heavy atom. The molecule has 0 unspecified atom stereocenters.